The fourth-order valence-corrected chi connectivity index (χ4v) is 1.56. The van der Waals surface area contributed by atoms with Gasteiger partial charge in [-0.15, -0.1) is 0 Å². The van der Waals surface area contributed by atoms with Crippen LogP contribution >= 0.6 is 0 Å². The average Bonchev–Trinajstić information content (AvgIpc) is 2.46. The van der Waals surface area contributed by atoms with Crippen molar-refractivity contribution in [2.24, 2.45) is 7.05 Å². The van der Waals surface area contributed by atoms with E-state index in [1.54, 1.807) is 6.07 Å². The van der Waals surface area contributed by atoms with E-state index in [4.69, 9.17) is 0 Å². The Balaban J connectivity index is 2.80. The molecule has 72 valence electrons. The Bertz CT molecular complexity index is 513. The number of Topliss-reactive ketones (excluding diaryl/α,β-unsaturated/α-hetero) is 1. The van der Waals surface area contributed by atoms with E-state index in [9.17, 15) is 9.18 Å². The highest BCUT2D eigenvalue weighted by Crippen LogP contribution is 2.20. The first-order valence-electron chi connectivity index (χ1n) is 4.35. The summed E-state index contributed by atoms with van der Waals surface area (Å²) in [6.45, 7) is 1.37. The van der Waals surface area contributed by atoms with Crippen LogP contribution in [0, 0.1) is 5.82 Å². The summed E-state index contributed by atoms with van der Waals surface area (Å²) in [5.74, 6) is -0.693. The predicted molar refractivity (Wildman–Crippen MR) is 52.9 cm³/mol. The van der Waals surface area contributed by atoms with Gasteiger partial charge < -0.3 is 4.57 Å². The number of hydrogen-bond acceptors (Lipinski definition) is 1. The lowest BCUT2D eigenvalue weighted by Crippen LogP contribution is -1.97. The zero-order valence-electron chi connectivity index (χ0n) is 8.04. The normalized spacial score (nSPS) is 10.8. The van der Waals surface area contributed by atoms with E-state index in [1.165, 1.54) is 13.0 Å². The number of nitrogens with zero attached hydrogens (tertiary/aromatic N) is 1. The first-order valence-corrected chi connectivity index (χ1v) is 4.35. The van der Waals surface area contributed by atoms with Gasteiger partial charge in [-0.1, -0.05) is 0 Å². The van der Waals surface area contributed by atoms with Crippen molar-refractivity contribution in [3.8, 4) is 0 Å². The largest absolute Gasteiger partial charge is 0.351 e. The van der Waals surface area contributed by atoms with Gasteiger partial charge in [0.1, 0.15) is 5.82 Å². The predicted octanol–water partition coefficient (Wildman–Crippen LogP) is 2.52. The van der Waals surface area contributed by atoms with Crippen molar-refractivity contribution in [2.45, 2.75) is 6.92 Å². The molecule has 2 rings (SSSR count). The second-order valence-electron chi connectivity index (χ2n) is 3.37. The minimum Gasteiger partial charge on any atom is -0.351 e. The van der Waals surface area contributed by atoms with E-state index in [1.807, 2.05) is 23.9 Å². The molecule has 0 unspecified atom stereocenters. The van der Waals surface area contributed by atoms with Crippen molar-refractivity contribution >= 4 is 16.7 Å². The molecule has 0 radical (unpaired) electrons. The summed E-state index contributed by atoms with van der Waals surface area (Å²) in [4.78, 5) is 11.1. The molecule has 2 aromatic rings. The summed E-state index contributed by atoms with van der Waals surface area (Å²) in [6.07, 6.45) is 1.84. The molecule has 1 heterocycles. The molecular weight excluding hydrogens is 181 g/mol. The number of carbonyl (C=O) groups is 1. The summed E-state index contributed by atoms with van der Waals surface area (Å²) in [5.41, 5.74) is 1.02. The fraction of sp³-hybridized carbons (Fsp3) is 0.182. The van der Waals surface area contributed by atoms with E-state index in [0.29, 0.717) is 0 Å². The van der Waals surface area contributed by atoms with Crippen LogP contribution < -0.4 is 0 Å². The lowest BCUT2D eigenvalue weighted by molar-refractivity contribution is 0.101. The standard InChI is InChI=1S/C11H10FNO/c1-7(14)9-6-11-8(5-10(9)12)3-4-13(11)2/h3-6H,1-2H3. The van der Waals surface area contributed by atoms with E-state index in [-0.39, 0.29) is 11.3 Å². The maximum absolute atomic E-state index is 13.3. The topological polar surface area (TPSA) is 22.0 Å². The van der Waals surface area contributed by atoms with Crippen LogP contribution in [0.2, 0.25) is 0 Å². The third kappa shape index (κ3) is 1.21. The zero-order chi connectivity index (χ0) is 10.3. The van der Waals surface area contributed by atoms with E-state index < -0.39 is 5.82 Å². The molecule has 1 aromatic heterocycles. The Labute approximate surface area is 81.0 Å². The van der Waals surface area contributed by atoms with Crippen molar-refractivity contribution in [1.29, 1.82) is 0 Å². The lowest BCUT2D eigenvalue weighted by Gasteiger charge is -2.01. The summed E-state index contributed by atoms with van der Waals surface area (Å²) in [5, 5.41) is 0.815. The molecule has 0 saturated heterocycles. The molecule has 0 bridgehead atoms. The van der Waals surface area contributed by atoms with Crippen LogP contribution in [0.1, 0.15) is 17.3 Å². The number of ketones is 1. The summed E-state index contributed by atoms with van der Waals surface area (Å²) >= 11 is 0. The zero-order valence-corrected chi connectivity index (χ0v) is 8.04. The van der Waals surface area contributed by atoms with Crippen LogP contribution in [-0.2, 0) is 7.05 Å². The van der Waals surface area contributed by atoms with E-state index in [2.05, 4.69) is 0 Å². The number of benzene rings is 1. The van der Waals surface area contributed by atoms with Gasteiger partial charge in [0.15, 0.2) is 5.78 Å². The molecular formula is C11H10FNO. The Kier molecular flexibility index (Phi) is 1.88. The van der Waals surface area contributed by atoms with Crippen molar-refractivity contribution in [3.63, 3.8) is 0 Å². The smallest absolute Gasteiger partial charge is 0.162 e. The van der Waals surface area contributed by atoms with E-state index >= 15 is 0 Å². The molecule has 0 N–H and O–H groups in total. The summed E-state index contributed by atoms with van der Waals surface area (Å²) in [7, 11) is 1.87. The third-order valence-corrected chi connectivity index (χ3v) is 2.35. The van der Waals surface area contributed by atoms with Gasteiger partial charge in [0.25, 0.3) is 0 Å². The molecule has 0 fully saturated rings. The summed E-state index contributed by atoms with van der Waals surface area (Å²) in [6, 6.07) is 4.81. The number of hydrogen-bond donors (Lipinski definition) is 0. The number of carbonyl (C=O) groups excluding carboxylic acids is 1. The Hall–Kier alpha value is -1.64. The number of aryl methyl sites for hydroxylation is 1. The molecule has 2 nitrogen and oxygen atoms in total. The molecule has 1 aromatic carbocycles. The van der Waals surface area contributed by atoms with E-state index in [0.717, 1.165) is 10.9 Å². The molecule has 0 amide bonds. The van der Waals surface area contributed by atoms with Gasteiger partial charge >= 0.3 is 0 Å². The average molecular weight is 191 g/mol. The van der Waals surface area contributed by atoms with Gasteiger partial charge in [-0.2, -0.15) is 0 Å². The van der Waals surface area contributed by atoms with Gasteiger partial charge in [0.05, 0.1) is 5.56 Å². The first kappa shape index (κ1) is 8.94. The minimum absolute atomic E-state index is 0.152. The number of aromatic nitrogens is 1. The highest BCUT2D eigenvalue weighted by Gasteiger charge is 2.09. The quantitative estimate of drug-likeness (QED) is 0.635. The third-order valence-electron chi connectivity index (χ3n) is 2.35. The van der Waals surface area contributed by atoms with Gasteiger partial charge in [-0.25, -0.2) is 4.39 Å². The van der Waals surface area contributed by atoms with Gasteiger partial charge in [0.2, 0.25) is 0 Å². The fourth-order valence-electron chi connectivity index (χ4n) is 1.56. The highest BCUT2D eigenvalue weighted by atomic mass is 19.1. The van der Waals surface area contributed by atoms with Crippen molar-refractivity contribution in [2.75, 3.05) is 0 Å². The number of fused-ring (bicyclic) bond motifs is 1. The lowest BCUT2D eigenvalue weighted by atomic mass is 10.1. The minimum atomic E-state index is -0.448. The Morgan fingerprint density at radius 3 is 2.79 bits per heavy atom. The number of rotatable bonds is 1. The Morgan fingerprint density at radius 1 is 1.43 bits per heavy atom. The van der Waals surface area contributed by atoms with Crippen LogP contribution in [-0.4, -0.2) is 10.4 Å². The molecule has 14 heavy (non-hydrogen) atoms. The molecule has 3 heteroatoms. The van der Waals surface area contributed by atoms with Crippen LogP contribution in [0.4, 0.5) is 4.39 Å². The maximum Gasteiger partial charge on any atom is 0.162 e. The second kappa shape index (κ2) is 2.94. The van der Waals surface area contributed by atoms with Crippen molar-refractivity contribution in [1.82, 2.24) is 4.57 Å². The highest BCUT2D eigenvalue weighted by molar-refractivity contribution is 5.98. The van der Waals surface area contributed by atoms with Crippen LogP contribution in [0.3, 0.4) is 0 Å². The Morgan fingerprint density at radius 2 is 2.14 bits per heavy atom. The monoisotopic (exact) mass is 191 g/mol. The molecule has 0 spiro atoms. The number of halogens is 1. The van der Waals surface area contributed by atoms with Crippen molar-refractivity contribution < 1.29 is 9.18 Å². The van der Waals surface area contributed by atoms with Crippen LogP contribution in [0.15, 0.2) is 24.4 Å². The van der Waals surface area contributed by atoms with Crippen molar-refractivity contribution in [3.05, 3.63) is 35.8 Å². The first-order chi connectivity index (χ1) is 6.59. The molecule has 0 aliphatic carbocycles. The second-order valence-corrected chi connectivity index (χ2v) is 3.37. The summed E-state index contributed by atoms with van der Waals surface area (Å²) < 4.78 is 15.2. The molecule has 0 saturated carbocycles. The molecule has 0 atom stereocenters. The van der Waals surface area contributed by atoms with Crippen LogP contribution in [0.25, 0.3) is 10.9 Å². The maximum atomic E-state index is 13.3. The van der Waals surface area contributed by atoms with Gasteiger partial charge in [0, 0.05) is 24.1 Å². The van der Waals surface area contributed by atoms with Gasteiger partial charge in [-0.05, 0) is 25.1 Å². The molecule has 0 aliphatic rings. The van der Waals surface area contributed by atoms with Gasteiger partial charge in [-0.3, -0.25) is 4.79 Å². The SMILES string of the molecule is CC(=O)c1cc2c(ccn2C)cc1F. The van der Waals surface area contributed by atoms with Crippen LogP contribution in [0.5, 0.6) is 0 Å². The molecule has 0 aliphatic heterocycles.